The zero-order chi connectivity index (χ0) is 22.6. The van der Waals surface area contributed by atoms with Gasteiger partial charge >= 0.3 is 0 Å². The maximum atomic E-state index is 12.8. The lowest BCUT2D eigenvalue weighted by Gasteiger charge is -2.26. The van der Waals surface area contributed by atoms with E-state index in [1.807, 2.05) is 0 Å². The Morgan fingerprint density at radius 2 is 1.91 bits per heavy atom. The molecule has 1 N–H and O–H groups in total. The number of carbonyl (C=O) groups excluding carboxylic acids is 1. The fourth-order valence-electron chi connectivity index (χ4n) is 3.01. The average molecular weight is 495 g/mol. The Kier molecular flexibility index (Phi) is 7.06. The molecule has 1 saturated heterocycles. The summed E-state index contributed by atoms with van der Waals surface area (Å²) >= 11 is 7.07. The van der Waals surface area contributed by atoms with Crippen LogP contribution in [-0.2, 0) is 19.6 Å². The molecule has 168 valence electrons. The molecule has 0 aliphatic carbocycles. The minimum absolute atomic E-state index is 0.0361. The molecular weight excluding hydrogens is 476 g/mol. The molecule has 32 heavy (non-hydrogen) atoms. The molecule has 0 bridgehead atoms. The van der Waals surface area contributed by atoms with Crippen LogP contribution in [0, 0.1) is 0 Å². The third-order valence-electron chi connectivity index (χ3n) is 4.57. The molecule has 1 aliphatic rings. The van der Waals surface area contributed by atoms with E-state index >= 15 is 0 Å². The standard InChI is InChI=1S/C19H19ClN6O4S2/c20-14-4-6-16(7-5-14)26-19(22-23-24-26)31-13-18(27)21-15-2-1-3-17(12-15)32(28,29)25-8-10-30-11-9-25/h1-7,12H,8-11,13H2,(H,21,27). The summed E-state index contributed by atoms with van der Waals surface area (Å²) in [6.45, 7) is 1.33. The van der Waals surface area contributed by atoms with Gasteiger partial charge in [-0.05, 0) is 52.9 Å². The third kappa shape index (κ3) is 5.27. The van der Waals surface area contributed by atoms with Crippen molar-refractivity contribution in [3.63, 3.8) is 0 Å². The van der Waals surface area contributed by atoms with Crippen LogP contribution in [0.15, 0.2) is 58.6 Å². The molecule has 0 atom stereocenters. The summed E-state index contributed by atoms with van der Waals surface area (Å²) in [5.74, 6) is -0.282. The lowest BCUT2D eigenvalue weighted by atomic mass is 10.3. The molecular formula is C19H19ClN6O4S2. The minimum atomic E-state index is -3.65. The van der Waals surface area contributed by atoms with Gasteiger partial charge in [-0.25, -0.2) is 8.42 Å². The van der Waals surface area contributed by atoms with Crippen LogP contribution < -0.4 is 5.32 Å². The molecule has 1 aliphatic heterocycles. The van der Waals surface area contributed by atoms with Gasteiger partial charge in [0.05, 0.1) is 29.5 Å². The number of halogens is 1. The van der Waals surface area contributed by atoms with Crippen molar-refractivity contribution in [1.82, 2.24) is 24.5 Å². The summed E-state index contributed by atoms with van der Waals surface area (Å²) in [5, 5.41) is 15.3. The number of rotatable bonds is 7. The number of nitrogens with zero attached hydrogens (tertiary/aromatic N) is 5. The molecule has 1 amide bonds. The van der Waals surface area contributed by atoms with E-state index in [9.17, 15) is 13.2 Å². The smallest absolute Gasteiger partial charge is 0.243 e. The van der Waals surface area contributed by atoms with Crippen molar-refractivity contribution in [2.45, 2.75) is 10.1 Å². The highest BCUT2D eigenvalue weighted by Gasteiger charge is 2.26. The molecule has 13 heteroatoms. The van der Waals surface area contributed by atoms with Gasteiger partial charge in [-0.1, -0.05) is 29.4 Å². The van der Waals surface area contributed by atoms with Crippen molar-refractivity contribution in [1.29, 1.82) is 0 Å². The van der Waals surface area contributed by atoms with Crippen LogP contribution in [-0.4, -0.2) is 70.9 Å². The molecule has 0 saturated carbocycles. The highest BCUT2D eigenvalue weighted by Crippen LogP contribution is 2.22. The monoisotopic (exact) mass is 494 g/mol. The van der Waals surface area contributed by atoms with Crippen LogP contribution in [0.25, 0.3) is 5.69 Å². The number of sulfonamides is 1. The van der Waals surface area contributed by atoms with Crippen LogP contribution in [0.3, 0.4) is 0 Å². The molecule has 0 unspecified atom stereocenters. The number of morpholine rings is 1. The molecule has 0 radical (unpaired) electrons. The highest BCUT2D eigenvalue weighted by atomic mass is 35.5. The van der Waals surface area contributed by atoms with Crippen molar-refractivity contribution in [3.05, 3.63) is 53.6 Å². The number of anilines is 1. The fourth-order valence-corrected chi connectivity index (χ4v) is 5.28. The fraction of sp³-hybridized carbons (Fsp3) is 0.263. The van der Waals surface area contributed by atoms with Crippen molar-refractivity contribution in [2.75, 3.05) is 37.4 Å². The van der Waals surface area contributed by atoms with E-state index in [1.54, 1.807) is 36.4 Å². The second kappa shape index (κ2) is 9.96. The van der Waals surface area contributed by atoms with Crippen LogP contribution in [0.1, 0.15) is 0 Å². The summed E-state index contributed by atoms with van der Waals surface area (Å²) < 4.78 is 33.7. The molecule has 0 spiro atoms. The number of thioether (sulfide) groups is 1. The Bertz CT molecular complexity index is 1200. The zero-order valence-electron chi connectivity index (χ0n) is 16.7. The van der Waals surface area contributed by atoms with Gasteiger partial charge in [0.1, 0.15) is 0 Å². The summed E-state index contributed by atoms with van der Waals surface area (Å²) in [4.78, 5) is 12.6. The SMILES string of the molecule is O=C(CSc1nnnn1-c1ccc(Cl)cc1)Nc1cccc(S(=O)(=O)N2CCOCC2)c1. The first-order valence-corrected chi connectivity index (χ1v) is 12.4. The minimum Gasteiger partial charge on any atom is -0.379 e. The van der Waals surface area contributed by atoms with Gasteiger partial charge in [0, 0.05) is 23.8 Å². The predicted molar refractivity (Wildman–Crippen MR) is 120 cm³/mol. The maximum absolute atomic E-state index is 12.8. The summed E-state index contributed by atoms with van der Waals surface area (Å²) in [6.07, 6.45) is 0. The van der Waals surface area contributed by atoms with E-state index in [1.165, 1.54) is 21.1 Å². The molecule has 1 aromatic heterocycles. The van der Waals surface area contributed by atoms with E-state index in [2.05, 4.69) is 20.8 Å². The lowest BCUT2D eigenvalue weighted by molar-refractivity contribution is -0.113. The highest BCUT2D eigenvalue weighted by molar-refractivity contribution is 7.99. The Balaban J connectivity index is 1.40. The predicted octanol–water partition coefficient (Wildman–Crippen LogP) is 2.07. The van der Waals surface area contributed by atoms with E-state index in [-0.39, 0.29) is 16.6 Å². The number of aromatic nitrogens is 4. The zero-order valence-corrected chi connectivity index (χ0v) is 19.1. The maximum Gasteiger partial charge on any atom is 0.243 e. The van der Waals surface area contributed by atoms with Crippen LogP contribution in [0.5, 0.6) is 0 Å². The van der Waals surface area contributed by atoms with E-state index in [0.717, 1.165) is 11.8 Å². The van der Waals surface area contributed by atoms with Crippen molar-refractivity contribution >= 4 is 45.0 Å². The van der Waals surface area contributed by atoms with Gasteiger partial charge in [-0.2, -0.15) is 8.99 Å². The van der Waals surface area contributed by atoms with Crippen molar-refractivity contribution < 1.29 is 17.9 Å². The molecule has 10 nitrogen and oxygen atoms in total. The quantitative estimate of drug-likeness (QED) is 0.496. The Morgan fingerprint density at radius 1 is 1.16 bits per heavy atom. The first-order valence-electron chi connectivity index (χ1n) is 9.58. The van der Waals surface area contributed by atoms with Crippen LogP contribution in [0.2, 0.25) is 5.02 Å². The number of ether oxygens (including phenoxy) is 1. The van der Waals surface area contributed by atoms with Gasteiger partial charge in [0.2, 0.25) is 21.1 Å². The first-order chi connectivity index (χ1) is 15.4. The molecule has 2 aromatic carbocycles. The van der Waals surface area contributed by atoms with Crippen LogP contribution in [0.4, 0.5) is 5.69 Å². The number of amides is 1. The Labute approximate surface area is 193 Å². The second-order valence-corrected chi connectivity index (χ2v) is 10.0. The van der Waals surface area contributed by atoms with Crippen molar-refractivity contribution in [2.24, 2.45) is 0 Å². The van der Waals surface area contributed by atoms with E-state index in [4.69, 9.17) is 16.3 Å². The number of hydrogen-bond acceptors (Lipinski definition) is 8. The molecule has 3 aromatic rings. The van der Waals surface area contributed by atoms with Crippen LogP contribution >= 0.6 is 23.4 Å². The average Bonchev–Trinajstić information content (AvgIpc) is 3.28. The summed E-state index contributed by atoms with van der Waals surface area (Å²) in [7, 11) is -3.65. The first kappa shape index (κ1) is 22.7. The molecule has 1 fully saturated rings. The number of hydrogen-bond donors (Lipinski definition) is 1. The summed E-state index contributed by atoms with van der Waals surface area (Å²) in [5.41, 5.74) is 1.10. The summed E-state index contributed by atoms with van der Waals surface area (Å²) in [6, 6.07) is 13.2. The van der Waals surface area contributed by atoms with Gasteiger partial charge in [0.15, 0.2) is 0 Å². The Morgan fingerprint density at radius 3 is 2.66 bits per heavy atom. The number of carbonyl (C=O) groups is 1. The molecule has 4 rings (SSSR count). The second-order valence-electron chi connectivity index (χ2n) is 6.73. The topological polar surface area (TPSA) is 119 Å². The van der Waals surface area contributed by atoms with Gasteiger partial charge in [-0.3, -0.25) is 4.79 Å². The van der Waals surface area contributed by atoms with Gasteiger partial charge in [0.25, 0.3) is 0 Å². The van der Waals surface area contributed by atoms with Gasteiger partial charge in [-0.15, -0.1) is 5.10 Å². The lowest BCUT2D eigenvalue weighted by Crippen LogP contribution is -2.40. The Hall–Kier alpha value is -2.51. The number of tetrazole rings is 1. The molecule has 2 heterocycles. The van der Waals surface area contributed by atoms with E-state index < -0.39 is 10.0 Å². The number of benzene rings is 2. The third-order valence-corrected chi connectivity index (χ3v) is 7.64. The van der Waals surface area contributed by atoms with Gasteiger partial charge < -0.3 is 10.1 Å². The van der Waals surface area contributed by atoms with Crippen molar-refractivity contribution in [3.8, 4) is 5.69 Å². The normalized spacial score (nSPS) is 14.9. The number of nitrogens with one attached hydrogen (secondary N) is 1. The van der Waals surface area contributed by atoms with E-state index in [0.29, 0.717) is 47.9 Å². The largest absolute Gasteiger partial charge is 0.379 e.